The topological polar surface area (TPSA) is 125 Å². The van der Waals surface area contributed by atoms with Crippen LogP contribution in [0.5, 0.6) is 0 Å². The Bertz CT molecular complexity index is 1170. The second-order valence-electron chi connectivity index (χ2n) is 7.69. The Morgan fingerprint density at radius 2 is 1.91 bits per heavy atom. The second kappa shape index (κ2) is 9.78. The molecule has 2 rings (SSSR count). The molecule has 1 atom stereocenters. The Kier molecular flexibility index (Phi) is 7.59. The second-order valence-corrected chi connectivity index (χ2v) is 9.34. The molecule has 0 aliphatic heterocycles. The molecule has 1 amide bonds. The molecule has 0 aliphatic rings. The van der Waals surface area contributed by atoms with E-state index in [-0.39, 0.29) is 22.1 Å². The molecule has 0 saturated carbocycles. The largest absolute Gasteiger partial charge is 0.452 e. The van der Waals surface area contributed by atoms with E-state index in [1.165, 1.54) is 37.3 Å². The summed E-state index contributed by atoms with van der Waals surface area (Å²) >= 11 is 0. The number of amides is 1. The van der Waals surface area contributed by atoms with Crippen LogP contribution in [0.15, 0.2) is 47.4 Å². The van der Waals surface area contributed by atoms with Crippen molar-refractivity contribution in [1.82, 2.24) is 5.32 Å². The number of aryl methyl sites for hydroxylation is 1. The van der Waals surface area contributed by atoms with Gasteiger partial charge >= 0.3 is 5.97 Å². The number of nitrogens with zero attached hydrogens (tertiary/aromatic N) is 1. The highest BCUT2D eigenvalue weighted by Gasteiger charge is 2.30. The number of anilines is 1. The molecular weight excluding hydrogens is 437 g/mol. The van der Waals surface area contributed by atoms with Gasteiger partial charge in [0, 0.05) is 5.69 Å². The van der Waals surface area contributed by atoms with Crippen LogP contribution in [0.4, 0.5) is 10.1 Å². The van der Waals surface area contributed by atoms with E-state index in [1.54, 1.807) is 20.8 Å². The first kappa shape index (κ1) is 24.8. The lowest BCUT2D eigenvalue weighted by atomic mass is 9.90. The van der Waals surface area contributed by atoms with Crippen LogP contribution in [0.2, 0.25) is 0 Å². The summed E-state index contributed by atoms with van der Waals surface area (Å²) in [4.78, 5) is 24.1. The molecular formula is C22H24FN3O5S. The van der Waals surface area contributed by atoms with E-state index in [0.717, 1.165) is 12.1 Å². The first-order valence-corrected chi connectivity index (χ1v) is 11.1. The van der Waals surface area contributed by atoms with Crippen molar-refractivity contribution in [2.45, 2.75) is 38.1 Å². The Morgan fingerprint density at radius 3 is 2.53 bits per heavy atom. The van der Waals surface area contributed by atoms with Gasteiger partial charge < -0.3 is 10.1 Å². The quantitative estimate of drug-likeness (QED) is 0.582. The third kappa shape index (κ3) is 6.04. The number of benzene rings is 2. The predicted molar refractivity (Wildman–Crippen MR) is 116 cm³/mol. The van der Waals surface area contributed by atoms with E-state index in [2.05, 4.69) is 10.0 Å². The molecule has 0 aliphatic carbocycles. The number of ether oxygens (including phenoxy) is 1. The molecule has 10 heteroatoms. The van der Waals surface area contributed by atoms with Crippen LogP contribution < -0.4 is 10.0 Å². The van der Waals surface area contributed by atoms with Gasteiger partial charge in [-0.15, -0.1) is 0 Å². The number of hydrogen-bond acceptors (Lipinski definition) is 6. The molecule has 0 radical (unpaired) electrons. The van der Waals surface area contributed by atoms with Crippen LogP contribution in [0.1, 0.15) is 36.7 Å². The molecule has 0 bridgehead atoms. The Morgan fingerprint density at radius 1 is 1.22 bits per heavy atom. The number of rotatable bonds is 8. The van der Waals surface area contributed by atoms with Gasteiger partial charge in [-0.05, 0) is 55.7 Å². The van der Waals surface area contributed by atoms with Crippen molar-refractivity contribution in [2.75, 3.05) is 11.3 Å². The third-order valence-electron chi connectivity index (χ3n) is 4.91. The number of carbonyl (C=O) groups excluding carboxylic acids is 2. The SMILES string of the molecule is Cc1ccc(F)cc1S(=O)(=O)Nc1cccc(C(=O)OCC(=O)NC(C)(C#N)C(C)C)c1. The van der Waals surface area contributed by atoms with Gasteiger partial charge in [0.2, 0.25) is 0 Å². The first-order valence-electron chi connectivity index (χ1n) is 9.66. The van der Waals surface area contributed by atoms with Gasteiger partial charge in [-0.1, -0.05) is 26.0 Å². The molecule has 170 valence electrons. The van der Waals surface area contributed by atoms with Crippen LogP contribution in [-0.2, 0) is 19.6 Å². The summed E-state index contributed by atoms with van der Waals surface area (Å²) < 4.78 is 46.0. The maximum Gasteiger partial charge on any atom is 0.338 e. The Hall–Kier alpha value is -3.45. The lowest BCUT2D eigenvalue weighted by Gasteiger charge is -2.27. The summed E-state index contributed by atoms with van der Waals surface area (Å²) in [6, 6.07) is 10.9. The molecule has 0 spiro atoms. The van der Waals surface area contributed by atoms with E-state index in [4.69, 9.17) is 4.74 Å². The number of esters is 1. The van der Waals surface area contributed by atoms with Crippen molar-refractivity contribution in [3.63, 3.8) is 0 Å². The molecule has 8 nitrogen and oxygen atoms in total. The zero-order chi connectivity index (χ0) is 24.1. The number of sulfonamides is 1. The Labute approximate surface area is 186 Å². The average molecular weight is 462 g/mol. The smallest absolute Gasteiger partial charge is 0.338 e. The molecule has 0 heterocycles. The van der Waals surface area contributed by atoms with E-state index in [0.29, 0.717) is 5.56 Å². The van der Waals surface area contributed by atoms with Crippen molar-refractivity contribution in [2.24, 2.45) is 5.92 Å². The summed E-state index contributed by atoms with van der Waals surface area (Å²) in [5.74, 6) is -2.36. The zero-order valence-electron chi connectivity index (χ0n) is 18.1. The van der Waals surface area contributed by atoms with Gasteiger partial charge in [0.25, 0.3) is 15.9 Å². The van der Waals surface area contributed by atoms with Crippen molar-refractivity contribution < 1.29 is 27.1 Å². The minimum Gasteiger partial charge on any atom is -0.452 e. The lowest BCUT2D eigenvalue weighted by Crippen LogP contribution is -2.50. The standard InChI is InChI=1S/C22H24FN3O5S/c1-14(2)22(4,13-24)25-20(27)12-31-21(28)16-6-5-7-18(10-16)26-32(29,30)19-11-17(23)9-8-15(19)3/h5-11,14,26H,12H2,1-4H3,(H,25,27). The highest BCUT2D eigenvalue weighted by Crippen LogP contribution is 2.21. The van der Waals surface area contributed by atoms with Crippen molar-refractivity contribution in [3.8, 4) is 6.07 Å². The molecule has 2 aromatic rings. The summed E-state index contributed by atoms with van der Waals surface area (Å²) in [7, 11) is -4.10. The monoisotopic (exact) mass is 461 g/mol. The maximum atomic E-state index is 13.5. The number of nitrogens with one attached hydrogen (secondary N) is 2. The molecule has 0 aromatic heterocycles. The van der Waals surface area contributed by atoms with Crippen LogP contribution in [0, 0.1) is 30.0 Å². The van der Waals surface area contributed by atoms with Crippen molar-refractivity contribution in [1.29, 1.82) is 5.26 Å². The molecule has 0 fully saturated rings. The molecule has 2 N–H and O–H groups in total. The minimum atomic E-state index is -4.10. The van der Waals surface area contributed by atoms with E-state index in [9.17, 15) is 27.7 Å². The minimum absolute atomic E-state index is 0.000804. The molecule has 1 unspecified atom stereocenters. The average Bonchev–Trinajstić information content (AvgIpc) is 2.73. The number of halogens is 1. The number of hydrogen-bond donors (Lipinski definition) is 2. The summed E-state index contributed by atoms with van der Waals surface area (Å²) in [6.45, 7) is 6.03. The van der Waals surface area contributed by atoms with Gasteiger partial charge in [-0.25, -0.2) is 17.6 Å². The molecule has 2 aromatic carbocycles. The van der Waals surface area contributed by atoms with Gasteiger partial charge in [0.1, 0.15) is 11.4 Å². The van der Waals surface area contributed by atoms with E-state index in [1.807, 2.05) is 6.07 Å². The maximum absolute atomic E-state index is 13.5. The van der Waals surface area contributed by atoms with Crippen molar-refractivity contribution >= 4 is 27.6 Å². The van der Waals surface area contributed by atoms with Gasteiger partial charge in [-0.3, -0.25) is 9.52 Å². The van der Waals surface area contributed by atoms with Crippen LogP contribution in [0.25, 0.3) is 0 Å². The highest BCUT2D eigenvalue weighted by molar-refractivity contribution is 7.92. The van der Waals surface area contributed by atoms with Crippen LogP contribution >= 0.6 is 0 Å². The van der Waals surface area contributed by atoms with E-state index < -0.39 is 39.9 Å². The fourth-order valence-corrected chi connectivity index (χ4v) is 3.93. The number of carbonyl (C=O) groups is 2. The fraction of sp³-hybridized carbons (Fsp3) is 0.318. The number of nitriles is 1. The lowest BCUT2D eigenvalue weighted by molar-refractivity contribution is -0.125. The molecule has 32 heavy (non-hydrogen) atoms. The fourth-order valence-electron chi connectivity index (χ4n) is 2.62. The van der Waals surface area contributed by atoms with Gasteiger partial charge in [0.05, 0.1) is 16.5 Å². The van der Waals surface area contributed by atoms with Crippen molar-refractivity contribution in [3.05, 3.63) is 59.4 Å². The van der Waals surface area contributed by atoms with Gasteiger partial charge in [-0.2, -0.15) is 5.26 Å². The molecule has 0 saturated heterocycles. The van der Waals surface area contributed by atoms with Crippen LogP contribution in [0.3, 0.4) is 0 Å². The Balaban J connectivity index is 2.09. The highest BCUT2D eigenvalue weighted by atomic mass is 32.2. The first-order chi connectivity index (χ1) is 14.9. The summed E-state index contributed by atoms with van der Waals surface area (Å²) in [5, 5.41) is 11.8. The van der Waals surface area contributed by atoms with Gasteiger partial charge in [0.15, 0.2) is 6.61 Å². The van der Waals surface area contributed by atoms with E-state index >= 15 is 0 Å². The normalized spacial score (nSPS) is 13.0. The predicted octanol–water partition coefficient (Wildman–Crippen LogP) is 3.15. The van der Waals surface area contributed by atoms with Crippen LogP contribution in [-0.4, -0.2) is 32.4 Å². The zero-order valence-corrected chi connectivity index (χ0v) is 18.9. The third-order valence-corrected chi connectivity index (χ3v) is 6.43. The summed E-state index contributed by atoms with van der Waals surface area (Å²) in [5.41, 5.74) is -0.701. The summed E-state index contributed by atoms with van der Waals surface area (Å²) in [6.07, 6.45) is 0.